The third-order valence-electron chi connectivity index (χ3n) is 6.16. The Bertz CT molecular complexity index is 1270. The van der Waals surface area contributed by atoms with E-state index in [9.17, 15) is 59.1 Å². The lowest BCUT2D eigenvalue weighted by Crippen LogP contribution is -2.60. The van der Waals surface area contributed by atoms with Crippen molar-refractivity contribution in [3.63, 3.8) is 0 Å². The third kappa shape index (κ3) is 7.94. The lowest BCUT2D eigenvalue weighted by Gasteiger charge is -2.39. The Kier molecular flexibility index (Phi) is 11.3. The van der Waals surface area contributed by atoms with Gasteiger partial charge in [-0.25, -0.2) is 4.79 Å². The number of aromatic nitrogens is 2. The van der Waals surface area contributed by atoms with E-state index in [0.717, 1.165) is 17.7 Å². The van der Waals surface area contributed by atoms with E-state index in [2.05, 4.69) is 10.3 Å². The van der Waals surface area contributed by atoms with Crippen molar-refractivity contribution in [2.24, 2.45) is 0 Å². The summed E-state index contributed by atoms with van der Waals surface area (Å²) in [6.45, 7) is -0.722. The maximum Gasteiger partial charge on any atom is 0.698 e. The number of carbonyl (C=O) groups is 1. The maximum atomic E-state index is 12.5. The molecule has 0 aliphatic carbocycles. The van der Waals surface area contributed by atoms with Gasteiger partial charge in [0.1, 0.15) is 54.8 Å². The molecule has 3 heterocycles. The fourth-order valence-corrected chi connectivity index (χ4v) is 5.93. The molecule has 2 aliphatic rings. The summed E-state index contributed by atoms with van der Waals surface area (Å²) < 4.78 is 46.2. The number of hydrogen-bond acceptors (Lipinski definition) is 16. The van der Waals surface area contributed by atoms with Crippen LogP contribution in [0.2, 0.25) is 0 Å². The maximum absolute atomic E-state index is 12.5. The molecule has 3 rings (SSSR count). The number of hydrogen-bond donors (Lipinski definition) is 10. The smallest absolute Gasteiger partial charge is 0.486 e. The van der Waals surface area contributed by atoms with E-state index in [0.29, 0.717) is 6.08 Å². The zero-order chi connectivity index (χ0) is 31.5. The van der Waals surface area contributed by atoms with E-state index in [1.807, 2.05) is 0 Å². The van der Waals surface area contributed by atoms with Crippen molar-refractivity contribution in [2.75, 3.05) is 18.9 Å². The second kappa shape index (κ2) is 13.9. The van der Waals surface area contributed by atoms with Crippen LogP contribution >= 0.6 is 15.9 Å². The number of amides is 1. The Labute approximate surface area is 237 Å². The predicted molar refractivity (Wildman–Crippen MR) is 135 cm³/mol. The molecule has 11 atom stereocenters. The van der Waals surface area contributed by atoms with Crippen molar-refractivity contribution < 1.29 is 72.9 Å². The molecular formula is C20H31N4O16P2+. The molecule has 20 nitrogen and oxygen atoms in total. The fourth-order valence-electron chi connectivity index (χ4n) is 4.13. The Morgan fingerprint density at radius 1 is 1.29 bits per heavy atom. The number of nitrogen functional groups attached to an aromatic ring is 1. The molecule has 0 saturated carbocycles. The van der Waals surface area contributed by atoms with Gasteiger partial charge in [-0.05, 0) is 12.1 Å². The molecule has 0 spiro atoms. The minimum atomic E-state index is -5.44. The standard InChI is InChI=1S/C20H30N4O16P2/c1-7(26)22-13-8(27)4-10(38-17(13)14(29)9(28)5-25)19(42(34,35)36)40-41(33)37-6-11-15(30)16(31)18(39-11)24-3-2-12(21)23-20(24)32/h2-4,8-9,11,13-19,25,27-31H,5-6H2,1H3,(H4-,21,22,23,26,32,34,35,36)/p+1/t8?,9-,11+,13?,14-,15+,16+,17?,18+,19?/m0/s1. The summed E-state index contributed by atoms with van der Waals surface area (Å²) in [7, 11) is -8.90. The van der Waals surface area contributed by atoms with Gasteiger partial charge < -0.3 is 61.0 Å². The normalized spacial score (nSPS) is 30.5. The topological polar surface area (TPSA) is 323 Å². The Hall–Kier alpha value is -2.42. The summed E-state index contributed by atoms with van der Waals surface area (Å²) in [4.78, 5) is 46.8. The highest BCUT2D eigenvalue weighted by Crippen LogP contribution is 2.51. The van der Waals surface area contributed by atoms with Crippen LogP contribution in [-0.4, -0.2) is 124 Å². The van der Waals surface area contributed by atoms with Crippen molar-refractivity contribution in [2.45, 2.75) is 67.8 Å². The van der Waals surface area contributed by atoms with Crippen LogP contribution in [0, 0.1) is 0 Å². The van der Waals surface area contributed by atoms with Crippen LogP contribution in [0.1, 0.15) is 13.2 Å². The summed E-state index contributed by atoms with van der Waals surface area (Å²) in [6, 6.07) is -0.236. The highest BCUT2D eigenvalue weighted by Gasteiger charge is 2.51. The number of aliphatic hydroxyl groups is 6. The van der Waals surface area contributed by atoms with Crippen LogP contribution in [0.3, 0.4) is 0 Å². The molecule has 0 radical (unpaired) electrons. The number of ether oxygens (including phenoxy) is 2. The zero-order valence-electron chi connectivity index (χ0n) is 21.6. The SMILES string of the molecule is CC(=O)NC1C(O)C=C(C(O[P+](=O)OC[C@H]2O[C@@H](n3ccc(N)nc3=O)[C@H](O)[C@@H]2O)P(=O)(O)O)OC1[C@@H](O)[C@@H](O)CO. The number of nitrogens with two attached hydrogens (primary N) is 1. The number of nitrogens with one attached hydrogen (secondary N) is 1. The molecule has 1 aromatic rings. The van der Waals surface area contributed by atoms with Crippen LogP contribution in [0.5, 0.6) is 0 Å². The second-order valence-electron chi connectivity index (χ2n) is 9.26. The van der Waals surface area contributed by atoms with Crippen molar-refractivity contribution in [1.82, 2.24) is 14.9 Å². The summed E-state index contributed by atoms with van der Waals surface area (Å²) in [6.07, 6.45) is -11.8. The van der Waals surface area contributed by atoms with Gasteiger partial charge in [-0.3, -0.25) is 13.9 Å². The highest BCUT2D eigenvalue weighted by molar-refractivity contribution is 7.53. The van der Waals surface area contributed by atoms with Gasteiger partial charge in [0.2, 0.25) is 5.91 Å². The van der Waals surface area contributed by atoms with Gasteiger partial charge in [0.25, 0.3) is 5.85 Å². The second-order valence-corrected chi connectivity index (χ2v) is 11.8. The molecule has 1 fully saturated rings. The first-order valence-electron chi connectivity index (χ1n) is 12.0. The summed E-state index contributed by atoms with van der Waals surface area (Å²) in [5, 5.41) is 62.8. The first kappa shape index (κ1) is 34.1. The molecule has 5 unspecified atom stereocenters. The van der Waals surface area contributed by atoms with Crippen LogP contribution in [-0.2, 0) is 32.4 Å². The van der Waals surface area contributed by atoms with Crippen molar-refractivity contribution in [3.05, 3.63) is 34.6 Å². The molecule has 0 aromatic carbocycles. The van der Waals surface area contributed by atoms with E-state index in [1.54, 1.807) is 0 Å². The van der Waals surface area contributed by atoms with E-state index >= 15 is 0 Å². The number of carbonyl (C=O) groups excluding carboxylic acids is 1. The zero-order valence-corrected chi connectivity index (χ0v) is 23.4. The summed E-state index contributed by atoms with van der Waals surface area (Å²) in [5.41, 5.74) is 4.51. The first-order chi connectivity index (χ1) is 19.5. The average molecular weight is 645 g/mol. The summed E-state index contributed by atoms with van der Waals surface area (Å²) >= 11 is 0. The van der Waals surface area contributed by atoms with Crippen LogP contribution in [0.15, 0.2) is 28.9 Å². The minimum absolute atomic E-state index is 0.112. The highest BCUT2D eigenvalue weighted by atomic mass is 31.2. The molecule has 1 amide bonds. The van der Waals surface area contributed by atoms with Gasteiger partial charge in [-0.15, -0.1) is 4.52 Å². The predicted octanol–water partition coefficient (Wildman–Crippen LogP) is -4.50. The molecule has 236 valence electrons. The number of anilines is 1. The van der Waals surface area contributed by atoms with Crippen LogP contribution in [0.25, 0.3) is 0 Å². The number of nitrogens with zero attached hydrogens (tertiary/aromatic N) is 2. The molecule has 22 heteroatoms. The van der Waals surface area contributed by atoms with E-state index < -0.39 is 107 Å². The van der Waals surface area contributed by atoms with Crippen molar-refractivity contribution in [3.8, 4) is 0 Å². The quantitative estimate of drug-likeness (QED) is 0.0957. The van der Waals surface area contributed by atoms with Gasteiger partial charge in [-0.2, -0.15) is 4.98 Å². The average Bonchev–Trinajstić information content (AvgIpc) is 3.18. The van der Waals surface area contributed by atoms with E-state index in [4.69, 9.17) is 24.3 Å². The molecule has 42 heavy (non-hydrogen) atoms. The van der Waals surface area contributed by atoms with Gasteiger partial charge in [0.15, 0.2) is 6.23 Å². The fraction of sp³-hybridized carbons (Fsp3) is 0.650. The van der Waals surface area contributed by atoms with Crippen LogP contribution < -0.4 is 16.7 Å². The molecular weight excluding hydrogens is 614 g/mol. The largest absolute Gasteiger partial charge is 0.698 e. The van der Waals surface area contributed by atoms with Crippen molar-refractivity contribution >= 4 is 27.6 Å². The monoisotopic (exact) mass is 645 g/mol. The third-order valence-corrected chi connectivity index (χ3v) is 8.04. The van der Waals surface area contributed by atoms with Gasteiger partial charge in [0, 0.05) is 17.7 Å². The molecule has 11 N–H and O–H groups in total. The van der Waals surface area contributed by atoms with E-state index in [1.165, 1.54) is 6.07 Å². The Morgan fingerprint density at radius 3 is 2.52 bits per heavy atom. The van der Waals surface area contributed by atoms with Gasteiger partial charge in [-0.1, -0.05) is 4.52 Å². The molecule has 2 aliphatic heterocycles. The number of aliphatic hydroxyl groups excluding tert-OH is 6. The lowest BCUT2D eigenvalue weighted by molar-refractivity contribution is -0.133. The van der Waals surface area contributed by atoms with E-state index in [-0.39, 0.29) is 5.82 Å². The lowest BCUT2D eigenvalue weighted by atomic mass is 9.94. The molecule has 0 bridgehead atoms. The first-order valence-corrected chi connectivity index (χ1v) is 14.8. The molecule has 1 saturated heterocycles. The van der Waals surface area contributed by atoms with Crippen LogP contribution in [0.4, 0.5) is 5.82 Å². The van der Waals surface area contributed by atoms with Crippen molar-refractivity contribution in [1.29, 1.82) is 0 Å². The number of rotatable bonds is 12. The molecule has 1 aromatic heterocycles. The van der Waals surface area contributed by atoms with Gasteiger partial charge >= 0.3 is 21.5 Å². The summed E-state index contributed by atoms with van der Waals surface area (Å²) in [5.74, 6) is -4.20. The minimum Gasteiger partial charge on any atom is -0.486 e. The van der Waals surface area contributed by atoms with Gasteiger partial charge in [0.05, 0.1) is 18.8 Å². The Morgan fingerprint density at radius 2 is 1.95 bits per heavy atom. The Balaban J connectivity index is 1.74.